The van der Waals surface area contributed by atoms with E-state index >= 15 is 0 Å². The second-order valence-corrected chi connectivity index (χ2v) is 7.80. The van der Waals surface area contributed by atoms with Crippen LogP contribution in [0.5, 0.6) is 0 Å². The molecule has 0 spiro atoms. The van der Waals surface area contributed by atoms with Gasteiger partial charge < -0.3 is 20.4 Å². The number of likely N-dealkylation sites (tertiary alicyclic amines) is 1. The summed E-state index contributed by atoms with van der Waals surface area (Å²) in [6.45, 7) is 0.923. The molecule has 0 saturated carbocycles. The summed E-state index contributed by atoms with van der Waals surface area (Å²) in [5.41, 5.74) is 0.489. The minimum absolute atomic E-state index is 0.0915. The topological polar surface area (TPSA) is 72.8 Å². The van der Waals surface area contributed by atoms with Gasteiger partial charge in [-0.2, -0.15) is 0 Å². The van der Waals surface area contributed by atoms with Crippen LogP contribution < -0.4 is 5.32 Å². The Bertz CT molecular complexity index is 783. The van der Waals surface area contributed by atoms with Crippen LogP contribution in [0.15, 0.2) is 48.5 Å². The molecule has 2 aromatic carbocycles. The number of halogens is 2. The Labute approximate surface area is 168 Å². The van der Waals surface area contributed by atoms with E-state index in [9.17, 15) is 15.0 Å². The summed E-state index contributed by atoms with van der Waals surface area (Å²) >= 11 is 11.7. The van der Waals surface area contributed by atoms with E-state index in [1.54, 1.807) is 36.4 Å². The van der Waals surface area contributed by atoms with Gasteiger partial charge in [0.1, 0.15) is 11.7 Å². The first-order valence-electron chi connectivity index (χ1n) is 8.73. The Morgan fingerprint density at radius 2 is 1.63 bits per heavy atom. The van der Waals surface area contributed by atoms with E-state index in [4.69, 9.17) is 23.2 Å². The number of amides is 1. The van der Waals surface area contributed by atoms with Gasteiger partial charge in [0.2, 0.25) is 5.91 Å². The van der Waals surface area contributed by atoms with Gasteiger partial charge in [0.25, 0.3) is 0 Å². The second kappa shape index (κ2) is 8.59. The fraction of sp³-hybridized carbons (Fsp3) is 0.350. The zero-order valence-corrected chi connectivity index (χ0v) is 16.2. The standard InChI is InChI=1S/C20H22Cl2N2O3/c21-16-5-1-14(2-6-16)9-19(26)24-11-18(25)20(27,13-24)12-23-10-15-3-7-17(22)8-4-15/h1-8,18,23,25,27H,9-13H2/t18-,20+/m1/s1. The molecule has 0 aromatic heterocycles. The Balaban J connectivity index is 1.53. The van der Waals surface area contributed by atoms with Gasteiger partial charge in [0, 0.05) is 29.7 Å². The van der Waals surface area contributed by atoms with E-state index in [0.29, 0.717) is 16.6 Å². The van der Waals surface area contributed by atoms with Crippen molar-refractivity contribution in [1.29, 1.82) is 0 Å². The van der Waals surface area contributed by atoms with E-state index < -0.39 is 11.7 Å². The molecule has 1 amide bonds. The number of rotatable bonds is 6. The molecular formula is C20H22Cl2N2O3. The van der Waals surface area contributed by atoms with Gasteiger partial charge in [-0.1, -0.05) is 47.5 Å². The highest BCUT2D eigenvalue weighted by atomic mass is 35.5. The Hall–Kier alpha value is -1.63. The van der Waals surface area contributed by atoms with E-state index in [1.165, 1.54) is 4.90 Å². The molecule has 144 valence electrons. The number of carbonyl (C=O) groups is 1. The molecule has 5 nitrogen and oxygen atoms in total. The second-order valence-electron chi connectivity index (χ2n) is 6.93. The minimum atomic E-state index is -1.37. The number of aliphatic hydroxyl groups excluding tert-OH is 1. The molecule has 2 aromatic rings. The van der Waals surface area contributed by atoms with Gasteiger partial charge in [0.15, 0.2) is 0 Å². The van der Waals surface area contributed by atoms with Gasteiger partial charge >= 0.3 is 0 Å². The number of β-amino-alcohol motifs (C(OH)–C–C–N with tert-alkyl or cyclic N) is 2. The lowest BCUT2D eigenvalue weighted by Crippen LogP contribution is -2.50. The van der Waals surface area contributed by atoms with Crippen molar-refractivity contribution < 1.29 is 15.0 Å². The summed E-state index contributed by atoms with van der Waals surface area (Å²) < 4.78 is 0. The molecule has 0 unspecified atom stereocenters. The van der Waals surface area contributed by atoms with Gasteiger partial charge in [-0.3, -0.25) is 4.79 Å². The first kappa shape index (κ1) is 20.1. The van der Waals surface area contributed by atoms with Crippen LogP contribution in [0.3, 0.4) is 0 Å². The van der Waals surface area contributed by atoms with Crippen molar-refractivity contribution in [2.75, 3.05) is 19.6 Å². The predicted octanol–water partition coefficient (Wildman–Crippen LogP) is 2.26. The third kappa shape index (κ3) is 5.21. The van der Waals surface area contributed by atoms with Crippen LogP contribution in [-0.4, -0.2) is 52.4 Å². The fourth-order valence-electron chi connectivity index (χ4n) is 3.16. The van der Waals surface area contributed by atoms with Crippen LogP contribution >= 0.6 is 23.2 Å². The summed E-state index contributed by atoms with van der Waals surface area (Å²) in [5.74, 6) is -0.134. The lowest BCUT2D eigenvalue weighted by Gasteiger charge is -2.26. The van der Waals surface area contributed by atoms with Crippen molar-refractivity contribution in [3.8, 4) is 0 Å². The van der Waals surface area contributed by atoms with Gasteiger partial charge in [-0.25, -0.2) is 0 Å². The number of nitrogens with one attached hydrogen (secondary N) is 1. The maximum atomic E-state index is 12.5. The van der Waals surface area contributed by atoms with Crippen LogP contribution in [-0.2, 0) is 17.8 Å². The largest absolute Gasteiger partial charge is 0.388 e. The maximum absolute atomic E-state index is 12.5. The van der Waals surface area contributed by atoms with Gasteiger partial charge in [-0.05, 0) is 35.4 Å². The number of benzene rings is 2. The number of hydrogen-bond donors (Lipinski definition) is 3. The highest BCUT2D eigenvalue weighted by Gasteiger charge is 2.45. The lowest BCUT2D eigenvalue weighted by atomic mass is 10.0. The lowest BCUT2D eigenvalue weighted by molar-refractivity contribution is -0.130. The third-order valence-corrected chi connectivity index (χ3v) is 5.28. The van der Waals surface area contributed by atoms with Crippen molar-refractivity contribution in [1.82, 2.24) is 10.2 Å². The van der Waals surface area contributed by atoms with E-state index in [2.05, 4.69) is 5.32 Å². The molecule has 3 N–H and O–H groups in total. The third-order valence-electron chi connectivity index (χ3n) is 4.77. The first-order valence-corrected chi connectivity index (χ1v) is 9.49. The highest BCUT2D eigenvalue weighted by molar-refractivity contribution is 6.30. The summed E-state index contributed by atoms with van der Waals surface area (Å²) in [4.78, 5) is 14.0. The van der Waals surface area contributed by atoms with Crippen molar-refractivity contribution in [3.63, 3.8) is 0 Å². The summed E-state index contributed by atoms with van der Waals surface area (Å²) in [6.07, 6.45) is -0.789. The molecule has 7 heteroatoms. The Kier molecular flexibility index (Phi) is 6.40. The fourth-order valence-corrected chi connectivity index (χ4v) is 3.41. The molecule has 0 aliphatic carbocycles. The Morgan fingerprint density at radius 1 is 1.07 bits per heavy atom. The number of aliphatic hydroxyl groups is 2. The highest BCUT2D eigenvalue weighted by Crippen LogP contribution is 2.23. The van der Waals surface area contributed by atoms with Crippen molar-refractivity contribution >= 4 is 29.1 Å². The molecule has 1 aliphatic heterocycles. The van der Waals surface area contributed by atoms with E-state index in [1.807, 2.05) is 12.1 Å². The van der Waals surface area contributed by atoms with Crippen molar-refractivity contribution in [3.05, 3.63) is 69.7 Å². The molecule has 2 atom stereocenters. The number of carbonyl (C=O) groups excluding carboxylic acids is 1. The van der Waals surface area contributed by atoms with Crippen LogP contribution in [0.25, 0.3) is 0 Å². The molecule has 1 fully saturated rings. The smallest absolute Gasteiger partial charge is 0.227 e. The zero-order chi connectivity index (χ0) is 19.4. The molecule has 1 heterocycles. The SMILES string of the molecule is O=C(Cc1ccc(Cl)cc1)N1C[C@@H](O)[C@](O)(CNCc2ccc(Cl)cc2)C1. The van der Waals surface area contributed by atoms with Gasteiger partial charge in [-0.15, -0.1) is 0 Å². The Morgan fingerprint density at radius 3 is 2.22 bits per heavy atom. The molecule has 0 radical (unpaired) electrons. The molecule has 1 saturated heterocycles. The molecule has 27 heavy (non-hydrogen) atoms. The normalized spacial score (nSPS) is 22.2. The quantitative estimate of drug-likeness (QED) is 0.685. The van der Waals surface area contributed by atoms with Crippen LogP contribution in [0.2, 0.25) is 10.0 Å². The van der Waals surface area contributed by atoms with Crippen LogP contribution in [0, 0.1) is 0 Å². The van der Waals surface area contributed by atoms with Gasteiger partial charge in [0.05, 0.1) is 13.0 Å². The number of hydrogen-bond acceptors (Lipinski definition) is 4. The predicted molar refractivity (Wildman–Crippen MR) is 106 cm³/mol. The molecule has 1 aliphatic rings. The monoisotopic (exact) mass is 408 g/mol. The zero-order valence-electron chi connectivity index (χ0n) is 14.7. The van der Waals surface area contributed by atoms with Crippen LogP contribution in [0.1, 0.15) is 11.1 Å². The van der Waals surface area contributed by atoms with Crippen molar-refractivity contribution in [2.45, 2.75) is 24.7 Å². The summed E-state index contributed by atoms with van der Waals surface area (Å²) in [6, 6.07) is 14.5. The summed E-state index contributed by atoms with van der Waals surface area (Å²) in [5, 5.41) is 25.5. The first-order chi connectivity index (χ1) is 12.9. The maximum Gasteiger partial charge on any atom is 0.227 e. The van der Waals surface area contributed by atoms with Crippen molar-refractivity contribution in [2.24, 2.45) is 0 Å². The molecular weight excluding hydrogens is 387 g/mol. The minimum Gasteiger partial charge on any atom is -0.388 e. The molecule has 3 rings (SSSR count). The van der Waals surface area contributed by atoms with Crippen LogP contribution in [0.4, 0.5) is 0 Å². The van der Waals surface area contributed by atoms with E-state index in [-0.39, 0.29) is 32.0 Å². The number of nitrogens with zero attached hydrogens (tertiary/aromatic N) is 1. The summed E-state index contributed by atoms with van der Waals surface area (Å²) in [7, 11) is 0. The van der Waals surface area contributed by atoms with E-state index in [0.717, 1.165) is 11.1 Å². The average molecular weight is 409 g/mol. The average Bonchev–Trinajstić information content (AvgIpc) is 2.94. The molecule has 0 bridgehead atoms.